The van der Waals surface area contributed by atoms with Crippen LogP contribution in [0.5, 0.6) is 0 Å². The molecule has 0 aliphatic heterocycles. The molecular weight excluding hydrogens is 307 g/mol. The molecule has 0 saturated heterocycles. The molecule has 1 aliphatic rings. The summed E-state index contributed by atoms with van der Waals surface area (Å²) in [5.41, 5.74) is -1.11. The summed E-state index contributed by atoms with van der Waals surface area (Å²) in [4.78, 5) is -0.108. The quantitative estimate of drug-likeness (QED) is 0.927. The third-order valence-electron chi connectivity index (χ3n) is 3.16. The van der Waals surface area contributed by atoms with E-state index in [-0.39, 0.29) is 20.9 Å². The Morgan fingerprint density at radius 2 is 2.05 bits per heavy atom. The highest BCUT2D eigenvalue weighted by atomic mass is 35.5. The maximum absolute atomic E-state index is 12.3. The molecule has 0 spiro atoms. The average molecular weight is 319 g/mol. The molecule has 7 heteroatoms. The van der Waals surface area contributed by atoms with Crippen molar-refractivity contribution in [2.24, 2.45) is 5.92 Å². The van der Waals surface area contributed by atoms with Crippen LogP contribution < -0.4 is 4.72 Å². The average Bonchev–Trinajstić information content (AvgIpc) is 3.15. The second-order valence-corrected chi connectivity index (χ2v) is 7.26. The van der Waals surface area contributed by atoms with E-state index in [2.05, 4.69) is 4.72 Å². The van der Waals surface area contributed by atoms with E-state index in [0.29, 0.717) is 0 Å². The Kier molecular flexibility index (Phi) is 3.80. The fourth-order valence-electron chi connectivity index (χ4n) is 1.88. The van der Waals surface area contributed by atoms with Gasteiger partial charge in [-0.3, -0.25) is 0 Å². The van der Waals surface area contributed by atoms with Crippen LogP contribution in [-0.4, -0.2) is 14.0 Å². The number of hydrogen-bond donors (Lipinski definition) is 1. The van der Waals surface area contributed by atoms with E-state index < -0.39 is 15.6 Å². The molecule has 1 fully saturated rings. The summed E-state index contributed by atoms with van der Waals surface area (Å²) in [5.74, 6) is 0.0465. The molecule has 0 radical (unpaired) electrons. The lowest BCUT2D eigenvalue weighted by atomic mass is 10.0. The van der Waals surface area contributed by atoms with Gasteiger partial charge in [0.2, 0.25) is 10.0 Å². The fraction of sp³-hybridized carbons (Fsp3) is 0.417. The summed E-state index contributed by atoms with van der Waals surface area (Å²) in [6.45, 7) is 1.58. The second-order valence-electron chi connectivity index (χ2n) is 4.77. The summed E-state index contributed by atoms with van der Waals surface area (Å²) < 4.78 is 27.0. The maximum atomic E-state index is 12.3. The van der Waals surface area contributed by atoms with Crippen LogP contribution in [0.2, 0.25) is 10.0 Å². The molecule has 0 unspecified atom stereocenters. The number of benzene rings is 1. The third-order valence-corrected chi connectivity index (χ3v) is 5.44. The summed E-state index contributed by atoms with van der Waals surface area (Å²) in [7, 11) is -3.88. The molecular formula is C12H12Cl2N2O2S. The molecule has 1 aromatic rings. The van der Waals surface area contributed by atoms with Gasteiger partial charge in [-0.15, -0.1) is 0 Å². The first-order chi connectivity index (χ1) is 8.78. The summed E-state index contributed by atoms with van der Waals surface area (Å²) in [5, 5.41) is 9.54. The zero-order valence-electron chi connectivity index (χ0n) is 10.2. The van der Waals surface area contributed by atoms with E-state index in [9.17, 15) is 13.7 Å². The molecule has 0 amide bonds. The van der Waals surface area contributed by atoms with Crippen LogP contribution in [0.15, 0.2) is 23.1 Å². The lowest BCUT2D eigenvalue weighted by molar-refractivity contribution is 0.458. The summed E-state index contributed by atoms with van der Waals surface area (Å²) >= 11 is 11.7. The molecule has 1 aromatic carbocycles. The van der Waals surface area contributed by atoms with Gasteiger partial charge < -0.3 is 0 Å². The van der Waals surface area contributed by atoms with Gasteiger partial charge in [-0.1, -0.05) is 23.2 Å². The first-order valence-corrected chi connectivity index (χ1v) is 7.93. The van der Waals surface area contributed by atoms with Crippen molar-refractivity contribution >= 4 is 33.2 Å². The van der Waals surface area contributed by atoms with Gasteiger partial charge in [0, 0.05) is 5.02 Å². The molecule has 1 atom stereocenters. The van der Waals surface area contributed by atoms with Crippen molar-refractivity contribution < 1.29 is 8.42 Å². The van der Waals surface area contributed by atoms with Crippen LogP contribution in [0.1, 0.15) is 19.8 Å². The number of sulfonamides is 1. The van der Waals surface area contributed by atoms with E-state index in [0.717, 1.165) is 12.8 Å². The Balaban J connectivity index is 2.38. The van der Waals surface area contributed by atoms with Gasteiger partial charge in [-0.2, -0.15) is 9.98 Å². The fourth-order valence-corrected chi connectivity index (χ4v) is 4.02. The van der Waals surface area contributed by atoms with Crippen molar-refractivity contribution in [2.45, 2.75) is 30.2 Å². The van der Waals surface area contributed by atoms with Crippen molar-refractivity contribution in [3.8, 4) is 6.07 Å². The van der Waals surface area contributed by atoms with Crippen LogP contribution in [-0.2, 0) is 10.0 Å². The van der Waals surface area contributed by atoms with Crippen molar-refractivity contribution in [3.63, 3.8) is 0 Å². The molecule has 2 rings (SSSR count). The van der Waals surface area contributed by atoms with Gasteiger partial charge in [0.25, 0.3) is 0 Å². The topological polar surface area (TPSA) is 70.0 Å². The summed E-state index contributed by atoms with van der Waals surface area (Å²) in [6, 6.07) is 6.23. The largest absolute Gasteiger partial charge is 0.243 e. The standard InChI is InChI=1S/C12H12Cl2N2O2S/c1-12(7-15,8-2-3-8)16-19(17,18)11-6-9(13)4-5-10(11)14/h4-6,8,16H,2-3H2,1H3/t12-/m0/s1. The predicted molar refractivity (Wildman–Crippen MR) is 73.5 cm³/mol. The molecule has 0 heterocycles. The molecule has 19 heavy (non-hydrogen) atoms. The van der Waals surface area contributed by atoms with Crippen LogP contribution in [0.3, 0.4) is 0 Å². The van der Waals surface area contributed by atoms with E-state index in [1.807, 2.05) is 6.07 Å². The lowest BCUT2D eigenvalue weighted by Crippen LogP contribution is -2.46. The minimum absolute atomic E-state index is 0.0465. The number of halogens is 2. The molecule has 1 aliphatic carbocycles. The van der Waals surface area contributed by atoms with Crippen LogP contribution >= 0.6 is 23.2 Å². The Morgan fingerprint density at radius 3 is 2.58 bits per heavy atom. The van der Waals surface area contributed by atoms with Gasteiger partial charge in [0.05, 0.1) is 11.1 Å². The SMILES string of the molecule is C[C@@](C#N)(NS(=O)(=O)c1cc(Cl)ccc1Cl)C1CC1. The van der Waals surface area contributed by atoms with E-state index >= 15 is 0 Å². The zero-order valence-corrected chi connectivity index (χ0v) is 12.5. The van der Waals surface area contributed by atoms with Crippen molar-refractivity contribution in [1.82, 2.24) is 4.72 Å². The number of nitriles is 1. The highest BCUT2D eigenvalue weighted by Gasteiger charge is 2.45. The third kappa shape index (κ3) is 3.03. The molecule has 102 valence electrons. The Hall–Kier alpha value is -0.800. The highest BCUT2D eigenvalue weighted by Crippen LogP contribution is 2.40. The van der Waals surface area contributed by atoms with Crippen molar-refractivity contribution in [1.29, 1.82) is 5.26 Å². The van der Waals surface area contributed by atoms with Gasteiger partial charge in [-0.05, 0) is 43.9 Å². The van der Waals surface area contributed by atoms with E-state index in [1.54, 1.807) is 6.92 Å². The van der Waals surface area contributed by atoms with E-state index in [1.165, 1.54) is 18.2 Å². The number of hydrogen-bond acceptors (Lipinski definition) is 3. The number of rotatable bonds is 4. The lowest BCUT2D eigenvalue weighted by Gasteiger charge is -2.23. The van der Waals surface area contributed by atoms with Gasteiger partial charge in [0.1, 0.15) is 10.4 Å². The molecule has 0 bridgehead atoms. The van der Waals surface area contributed by atoms with Crippen molar-refractivity contribution in [2.75, 3.05) is 0 Å². The minimum Gasteiger partial charge on any atom is -0.207 e. The van der Waals surface area contributed by atoms with Crippen LogP contribution in [0.4, 0.5) is 0 Å². The second kappa shape index (κ2) is 4.95. The Labute approximate surface area is 122 Å². The molecule has 1 saturated carbocycles. The predicted octanol–water partition coefficient (Wildman–Crippen LogP) is 2.96. The molecule has 1 N–H and O–H groups in total. The first kappa shape index (κ1) is 14.6. The Morgan fingerprint density at radius 1 is 1.42 bits per heavy atom. The summed E-state index contributed by atoms with van der Waals surface area (Å²) in [6.07, 6.45) is 1.69. The van der Waals surface area contributed by atoms with Crippen LogP contribution in [0, 0.1) is 17.2 Å². The minimum atomic E-state index is -3.88. The number of nitrogens with one attached hydrogen (secondary N) is 1. The zero-order chi connectivity index (χ0) is 14.3. The number of nitrogens with zero attached hydrogens (tertiary/aromatic N) is 1. The molecule has 4 nitrogen and oxygen atoms in total. The highest BCUT2D eigenvalue weighted by molar-refractivity contribution is 7.89. The van der Waals surface area contributed by atoms with Gasteiger partial charge in [-0.25, -0.2) is 8.42 Å². The normalized spacial score (nSPS) is 18.6. The molecule has 0 aromatic heterocycles. The Bertz CT molecular complexity index is 650. The first-order valence-electron chi connectivity index (χ1n) is 5.69. The van der Waals surface area contributed by atoms with Gasteiger partial charge in [0.15, 0.2) is 0 Å². The monoisotopic (exact) mass is 318 g/mol. The van der Waals surface area contributed by atoms with Crippen molar-refractivity contribution in [3.05, 3.63) is 28.2 Å². The van der Waals surface area contributed by atoms with Gasteiger partial charge >= 0.3 is 0 Å². The maximum Gasteiger partial charge on any atom is 0.243 e. The smallest absolute Gasteiger partial charge is 0.207 e. The van der Waals surface area contributed by atoms with Crippen LogP contribution in [0.25, 0.3) is 0 Å². The van der Waals surface area contributed by atoms with E-state index in [4.69, 9.17) is 23.2 Å².